The summed E-state index contributed by atoms with van der Waals surface area (Å²) in [5, 5.41) is 3.45. The van der Waals surface area contributed by atoms with E-state index in [1.54, 1.807) is 0 Å². The molecule has 112 valence electrons. The first-order chi connectivity index (χ1) is 9.56. The Labute approximate surface area is 122 Å². The molecule has 1 saturated heterocycles. The molecule has 1 aromatic heterocycles. The minimum absolute atomic E-state index is 0.280. The molecule has 20 heavy (non-hydrogen) atoms. The number of anilines is 1. The summed E-state index contributed by atoms with van der Waals surface area (Å²) in [4.78, 5) is 7.12. The maximum absolute atomic E-state index is 5.69. The molecule has 1 unspecified atom stereocenters. The van der Waals surface area contributed by atoms with Gasteiger partial charge < -0.3 is 15.0 Å². The number of aryl methyl sites for hydroxylation is 1. The smallest absolute Gasteiger partial charge is 0.128 e. The lowest BCUT2D eigenvalue weighted by atomic mass is 10.2. The summed E-state index contributed by atoms with van der Waals surface area (Å²) in [5.74, 6) is 1.08. The molecular weight excluding hydrogens is 250 g/mol. The van der Waals surface area contributed by atoms with Gasteiger partial charge in [-0.2, -0.15) is 0 Å². The second kappa shape index (κ2) is 7.04. The van der Waals surface area contributed by atoms with Crippen molar-refractivity contribution >= 4 is 5.82 Å². The van der Waals surface area contributed by atoms with Gasteiger partial charge in [0.2, 0.25) is 0 Å². The molecule has 4 nitrogen and oxygen atoms in total. The highest BCUT2D eigenvalue weighted by atomic mass is 16.5. The number of pyridine rings is 1. The molecule has 1 fully saturated rings. The van der Waals surface area contributed by atoms with Gasteiger partial charge in [-0.15, -0.1) is 0 Å². The minimum atomic E-state index is 0.280. The average Bonchev–Trinajstić information content (AvgIpc) is 2.62. The van der Waals surface area contributed by atoms with Gasteiger partial charge in [0, 0.05) is 38.0 Å². The number of nitrogens with zero attached hydrogens (tertiary/aromatic N) is 2. The van der Waals surface area contributed by atoms with Gasteiger partial charge in [0.1, 0.15) is 5.82 Å². The monoisotopic (exact) mass is 277 g/mol. The quantitative estimate of drug-likeness (QED) is 0.917. The van der Waals surface area contributed by atoms with E-state index in [1.807, 2.05) is 0 Å². The van der Waals surface area contributed by atoms with Crippen LogP contribution in [0.5, 0.6) is 0 Å². The van der Waals surface area contributed by atoms with Gasteiger partial charge in [-0.25, -0.2) is 4.98 Å². The fourth-order valence-electron chi connectivity index (χ4n) is 2.46. The van der Waals surface area contributed by atoms with E-state index in [-0.39, 0.29) is 6.10 Å². The lowest BCUT2D eigenvalue weighted by Gasteiger charge is -2.24. The van der Waals surface area contributed by atoms with Crippen LogP contribution in [0, 0.1) is 6.92 Å². The van der Waals surface area contributed by atoms with Crippen molar-refractivity contribution < 1.29 is 4.74 Å². The Morgan fingerprint density at radius 3 is 2.95 bits per heavy atom. The summed E-state index contributed by atoms with van der Waals surface area (Å²) in [6.45, 7) is 12.2. The molecule has 4 heteroatoms. The van der Waals surface area contributed by atoms with E-state index in [9.17, 15) is 0 Å². The predicted molar refractivity (Wildman–Crippen MR) is 83.2 cm³/mol. The number of rotatable bonds is 4. The second-order valence-electron chi connectivity index (χ2n) is 5.93. The third-order valence-electron chi connectivity index (χ3n) is 3.66. The lowest BCUT2D eigenvalue weighted by Crippen LogP contribution is -2.31. The topological polar surface area (TPSA) is 37.4 Å². The molecule has 1 N–H and O–H groups in total. The van der Waals surface area contributed by atoms with Crippen molar-refractivity contribution in [1.82, 2.24) is 10.3 Å². The van der Waals surface area contributed by atoms with Crippen LogP contribution >= 0.6 is 0 Å². The Bertz CT molecular complexity index is 434. The number of nitrogens with one attached hydrogen (secondary N) is 1. The molecule has 0 radical (unpaired) electrons. The van der Waals surface area contributed by atoms with Crippen LogP contribution in [-0.4, -0.2) is 36.8 Å². The van der Waals surface area contributed by atoms with Crippen molar-refractivity contribution in [3.8, 4) is 0 Å². The van der Waals surface area contributed by atoms with Crippen molar-refractivity contribution in [2.75, 3.05) is 24.6 Å². The molecule has 2 heterocycles. The zero-order valence-corrected chi connectivity index (χ0v) is 13.1. The highest BCUT2D eigenvalue weighted by molar-refractivity contribution is 5.42. The van der Waals surface area contributed by atoms with E-state index in [2.05, 4.69) is 50.0 Å². The molecule has 0 spiro atoms. The van der Waals surface area contributed by atoms with E-state index >= 15 is 0 Å². The van der Waals surface area contributed by atoms with E-state index < -0.39 is 0 Å². The number of ether oxygens (including phenoxy) is 1. The van der Waals surface area contributed by atoms with Crippen molar-refractivity contribution in [3.05, 3.63) is 23.4 Å². The Kier molecular flexibility index (Phi) is 5.38. The molecule has 1 aromatic rings. The SMILES string of the molecule is Cc1nc(N2CCCOC(C)C2)ccc1CNC(C)C. The molecule has 0 saturated carbocycles. The second-order valence-corrected chi connectivity index (χ2v) is 5.93. The maximum Gasteiger partial charge on any atom is 0.128 e. The predicted octanol–water partition coefficient (Wildman–Crippen LogP) is 2.50. The molecule has 0 amide bonds. The van der Waals surface area contributed by atoms with Crippen LogP contribution in [0.1, 0.15) is 38.4 Å². The number of hydrogen-bond acceptors (Lipinski definition) is 4. The van der Waals surface area contributed by atoms with Gasteiger partial charge in [-0.05, 0) is 31.9 Å². The normalized spacial score (nSPS) is 20.2. The van der Waals surface area contributed by atoms with Gasteiger partial charge in [0.05, 0.1) is 6.10 Å². The van der Waals surface area contributed by atoms with Gasteiger partial charge >= 0.3 is 0 Å². The van der Waals surface area contributed by atoms with Crippen molar-refractivity contribution in [2.24, 2.45) is 0 Å². The highest BCUT2D eigenvalue weighted by Gasteiger charge is 2.16. The zero-order chi connectivity index (χ0) is 14.5. The van der Waals surface area contributed by atoms with E-state index in [1.165, 1.54) is 5.56 Å². The van der Waals surface area contributed by atoms with Gasteiger partial charge in [0.15, 0.2) is 0 Å². The third kappa shape index (κ3) is 4.18. The Hall–Kier alpha value is -1.13. The molecule has 0 bridgehead atoms. The van der Waals surface area contributed by atoms with Crippen LogP contribution in [0.4, 0.5) is 5.82 Å². The zero-order valence-electron chi connectivity index (χ0n) is 13.1. The Morgan fingerprint density at radius 2 is 2.25 bits per heavy atom. The largest absolute Gasteiger partial charge is 0.377 e. The van der Waals surface area contributed by atoms with Crippen LogP contribution in [0.25, 0.3) is 0 Å². The molecule has 1 aliphatic rings. The fraction of sp³-hybridized carbons (Fsp3) is 0.688. The third-order valence-corrected chi connectivity index (χ3v) is 3.66. The Morgan fingerprint density at radius 1 is 1.45 bits per heavy atom. The maximum atomic E-state index is 5.69. The first-order valence-corrected chi connectivity index (χ1v) is 7.62. The summed E-state index contributed by atoms with van der Waals surface area (Å²) < 4.78 is 5.69. The molecule has 1 atom stereocenters. The van der Waals surface area contributed by atoms with Crippen molar-refractivity contribution in [1.29, 1.82) is 0 Å². The first kappa shape index (κ1) is 15.3. The van der Waals surface area contributed by atoms with Crippen LogP contribution in [0.2, 0.25) is 0 Å². The summed E-state index contributed by atoms with van der Waals surface area (Å²) in [6, 6.07) is 4.84. The molecule has 0 aliphatic carbocycles. The lowest BCUT2D eigenvalue weighted by molar-refractivity contribution is 0.0820. The van der Waals surface area contributed by atoms with Gasteiger partial charge in [0.25, 0.3) is 0 Å². The summed E-state index contributed by atoms with van der Waals surface area (Å²) >= 11 is 0. The summed E-state index contributed by atoms with van der Waals surface area (Å²) in [7, 11) is 0. The van der Waals surface area contributed by atoms with Crippen LogP contribution in [0.3, 0.4) is 0 Å². The fourth-order valence-corrected chi connectivity index (χ4v) is 2.46. The van der Waals surface area contributed by atoms with Crippen LogP contribution in [-0.2, 0) is 11.3 Å². The molecule has 0 aromatic carbocycles. The van der Waals surface area contributed by atoms with Crippen LogP contribution in [0.15, 0.2) is 12.1 Å². The Balaban J connectivity index is 2.07. The first-order valence-electron chi connectivity index (χ1n) is 7.62. The number of aromatic nitrogens is 1. The molecule has 2 rings (SSSR count). The molecule has 1 aliphatic heterocycles. The van der Waals surface area contributed by atoms with Crippen LogP contribution < -0.4 is 10.2 Å². The van der Waals surface area contributed by atoms with Gasteiger partial charge in [-0.3, -0.25) is 0 Å². The minimum Gasteiger partial charge on any atom is -0.377 e. The van der Waals surface area contributed by atoms with Gasteiger partial charge in [-0.1, -0.05) is 19.9 Å². The highest BCUT2D eigenvalue weighted by Crippen LogP contribution is 2.18. The van der Waals surface area contributed by atoms with E-state index in [0.29, 0.717) is 6.04 Å². The molecular formula is C16H27N3O. The summed E-state index contributed by atoms with van der Waals surface area (Å²) in [5.41, 5.74) is 2.40. The van der Waals surface area contributed by atoms with Crippen molar-refractivity contribution in [3.63, 3.8) is 0 Å². The average molecular weight is 277 g/mol. The van der Waals surface area contributed by atoms with E-state index in [4.69, 9.17) is 9.72 Å². The standard InChI is InChI=1S/C16H27N3O/c1-12(2)17-10-15-6-7-16(18-14(15)4)19-8-5-9-20-13(3)11-19/h6-7,12-13,17H,5,8-11H2,1-4H3. The summed E-state index contributed by atoms with van der Waals surface area (Å²) in [6.07, 6.45) is 1.35. The number of hydrogen-bond donors (Lipinski definition) is 1. The van der Waals surface area contributed by atoms with Crippen molar-refractivity contribution in [2.45, 2.75) is 52.8 Å². The van der Waals surface area contributed by atoms with E-state index in [0.717, 1.165) is 44.2 Å².